The zero-order valence-corrected chi connectivity index (χ0v) is 24.9. The predicted octanol–water partition coefficient (Wildman–Crippen LogP) is 4.68. The van der Waals surface area contributed by atoms with E-state index in [1.807, 2.05) is 54.6 Å². The second-order valence-corrected chi connectivity index (χ2v) is 13.3. The SMILES string of the molecule is O=C(NC1CCCCC1)[C@H](Cc1ccccc1)N(Cc1cccc(Br)c1)C(=O)CN1C(=O)c2ccccc2S1(=O)=O. The summed E-state index contributed by atoms with van der Waals surface area (Å²) >= 11 is 3.47. The van der Waals surface area contributed by atoms with Crippen molar-refractivity contribution in [2.75, 3.05) is 6.54 Å². The fourth-order valence-electron chi connectivity index (χ4n) is 5.53. The van der Waals surface area contributed by atoms with Crippen molar-refractivity contribution in [1.29, 1.82) is 0 Å². The zero-order valence-electron chi connectivity index (χ0n) is 22.5. The summed E-state index contributed by atoms with van der Waals surface area (Å²) < 4.78 is 27.9. The van der Waals surface area contributed by atoms with Crippen LogP contribution in [0.2, 0.25) is 0 Å². The topological polar surface area (TPSA) is 104 Å². The number of hydrogen-bond donors (Lipinski definition) is 1. The standard InChI is InChI=1S/C31H32BrN3O5S/c32-24-13-9-12-23(18-24)20-34(29(36)21-35-31(38)26-16-7-8-17-28(26)41(35,39)40)27(19-22-10-3-1-4-11-22)30(37)33-25-14-5-2-6-15-25/h1,3-4,7-13,16-18,25,27H,2,5-6,14-15,19-21H2,(H,33,37)/t27-/m0/s1. The molecule has 1 aliphatic carbocycles. The largest absolute Gasteiger partial charge is 0.352 e. The third-order valence-electron chi connectivity index (χ3n) is 7.66. The number of fused-ring (bicyclic) bond motifs is 1. The second kappa shape index (κ2) is 12.6. The highest BCUT2D eigenvalue weighted by atomic mass is 79.9. The van der Waals surface area contributed by atoms with Gasteiger partial charge in [0.15, 0.2) is 0 Å². The van der Waals surface area contributed by atoms with E-state index in [9.17, 15) is 22.8 Å². The third kappa shape index (κ3) is 6.54. The minimum absolute atomic E-state index is 0.0207. The Bertz CT molecular complexity index is 1540. The first kappa shape index (κ1) is 29.0. The van der Waals surface area contributed by atoms with Gasteiger partial charge in [0, 0.05) is 23.5 Å². The van der Waals surface area contributed by atoms with Gasteiger partial charge in [-0.1, -0.05) is 89.8 Å². The van der Waals surface area contributed by atoms with Gasteiger partial charge >= 0.3 is 0 Å². The molecule has 41 heavy (non-hydrogen) atoms. The molecule has 3 aromatic carbocycles. The van der Waals surface area contributed by atoms with Crippen molar-refractivity contribution < 1.29 is 22.8 Å². The van der Waals surface area contributed by atoms with Crippen molar-refractivity contribution in [3.63, 3.8) is 0 Å². The summed E-state index contributed by atoms with van der Waals surface area (Å²) in [4.78, 5) is 42.4. The van der Waals surface area contributed by atoms with Gasteiger partial charge in [0.2, 0.25) is 11.8 Å². The second-order valence-electron chi connectivity index (χ2n) is 10.5. The van der Waals surface area contributed by atoms with Crippen LogP contribution in [-0.2, 0) is 32.6 Å². The molecule has 1 saturated carbocycles. The van der Waals surface area contributed by atoms with E-state index >= 15 is 0 Å². The molecule has 1 fully saturated rings. The van der Waals surface area contributed by atoms with Crippen molar-refractivity contribution in [2.24, 2.45) is 0 Å². The van der Waals surface area contributed by atoms with Gasteiger partial charge in [0.1, 0.15) is 17.5 Å². The molecule has 1 atom stereocenters. The summed E-state index contributed by atoms with van der Waals surface area (Å²) in [5.74, 6) is -1.67. The molecule has 3 aromatic rings. The number of nitrogens with zero attached hydrogens (tertiary/aromatic N) is 2. The van der Waals surface area contributed by atoms with E-state index in [0.717, 1.165) is 47.7 Å². The Morgan fingerprint density at radius 2 is 1.61 bits per heavy atom. The maximum absolute atomic E-state index is 14.1. The van der Waals surface area contributed by atoms with Crippen molar-refractivity contribution in [2.45, 2.75) is 62.0 Å². The summed E-state index contributed by atoms with van der Waals surface area (Å²) in [6.45, 7) is -0.644. The average molecular weight is 639 g/mol. The predicted molar refractivity (Wildman–Crippen MR) is 158 cm³/mol. The number of nitrogens with one attached hydrogen (secondary N) is 1. The molecule has 0 unspecified atom stereocenters. The smallest absolute Gasteiger partial charge is 0.269 e. The Kier molecular flexibility index (Phi) is 8.89. The van der Waals surface area contributed by atoms with Crippen LogP contribution in [0, 0.1) is 0 Å². The van der Waals surface area contributed by atoms with Gasteiger partial charge in [-0.05, 0) is 48.2 Å². The van der Waals surface area contributed by atoms with Gasteiger partial charge in [-0.25, -0.2) is 12.7 Å². The van der Waals surface area contributed by atoms with E-state index in [0.29, 0.717) is 4.31 Å². The van der Waals surface area contributed by atoms with Crippen molar-refractivity contribution in [3.05, 3.63) is 100 Å². The van der Waals surface area contributed by atoms with Crippen LogP contribution in [0.5, 0.6) is 0 Å². The van der Waals surface area contributed by atoms with Crippen LogP contribution in [0.1, 0.15) is 53.6 Å². The highest BCUT2D eigenvalue weighted by molar-refractivity contribution is 9.10. The van der Waals surface area contributed by atoms with Crippen LogP contribution in [0.25, 0.3) is 0 Å². The molecule has 5 rings (SSSR count). The normalized spacial score (nSPS) is 17.1. The van der Waals surface area contributed by atoms with E-state index in [1.54, 1.807) is 12.1 Å². The third-order valence-corrected chi connectivity index (χ3v) is 9.94. The lowest BCUT2D eigenvalue weighted by molar-refractivity contribution is -0.141. The van der Waals surface area contributed by atoms with Crippen molar-refractivity contribution in [3.8, 4) is 0 Å². The molecule has 8 nitrogen and oxygen atoms in total. The first-order valence-corrected chi connectivity index (χ1v) is 16.0. The molecule has 0 saturated heterocycles. The van der Waals surface area contributed by atoms with Crippen LogP contribution in [-0.4, -0.2) is 54.0 Å². The summed E-state index contributed by atoms with van der Waals surface area (Å²) in [6, 6.07) is 21.8. The molecule has 1 heterocycles. The van der Waals surface area contributed by atoms with Gasteiger partial charge in [-0.2, -0.15) is 0 Å². The quantitative estimate of drug-likeness (QED) is 0.367. The summed E-state index contributed by atoms with van der Waals surface area (Å²) in [5, 5.41) is 3.16. The number of sulfonamides is 1. The molecule has 10 heteroatoms. The molecular formula is C31H32BrN3O5S. The average Bonchev–Trinajstić information content (AvgIpc) is 3.16. The lowest BCUT2D eigenvalue weighted by Gasteiger charge is -2.34. The number of rotatable bonds is 9. The summed E-state index contributed by atoms with van der Waals surface area (Å²) in [6.07, 6.45) is 5.19. The summed E-state index contributed by atoms with van der Waals surface area (Å²) in [7, 11) is -4.20. The van der Waals surface area contributed by atoms with Gasteiger partial charge < -0.3 is 10.2 Å². The van der Waals surface area contributed by atoms with Gasteiger partial charge in [0.05, 0.1) is 5.56 Å². The summed E-state index contributed by atoms with van der Waals surface area (Å²) in [5.41, 5.74) is 1.66. The Morgan fingerprint density at radius 3 is 2.32 bits per heavy atom. The first-order chi connectivity index (χ1) is 19.7. The molecule has 0 spiro atoms. The maximum atomic E-state index is 14.1. The molecule has 0 aromatic heterocycles. The number of halogens is 1. The number of carbonyl (C=O) groups excluding carboxylic acids is 3. The van der Waals surface area contributed by atoms with Crippen LogP contribution in [0.4, 0.5) is 0 Å². The van der Waals surface area contributed by atoms with E-state index in [4.69, 9.17) is 0 Å². The molecule has 214 valence electrons. The Labute approximate surface area is 248 Å². The van der Waals surface area contributed by atoms with E-state index < -0.39 is 34.4 Å². The molecule has 0 bridgehead atoms. The van der Waals surface area contributed by atoms with Crippen LogP contribution in [0.15, 0.2) is 88.2 Å². The lowest BCUT2D eigenvalue weighted by Crippen LogP contribution is -2.55. The van der Waals surface area contributed by atoms with E-state index in [-0.39, 0.29) is 35.4 Å². The van der Waals surface area contributed by atoms with Crippen molar-refractivity contribution >= 4 is 43.7 Å². The number of carbonyl (C=O) groups is 3. The maximum Gasteiger partial charge on any atom is 0.269 e. The minimum atomic E-state index is -4.20. The minimum Gasteiger partial charge on any atom is -0.352 e. The monoisotopic (exact) mass is 637 g/mol. The Hall–Kier alpha value is -3.50. The van der Waals surface area contributed by atoms with Gasteiger partial charge in [-0.3, -0.25) is 14.4 Å². The molecule has 3 amide bonds. The molecule has 1 aliphatic heterocycles. The molecular weight excluding hydrogens is 606 g/mol. The zero-order chi connectivity index (χ0) is 29.0. The fourth-order valence-corrected chi connectivity index (χ4v) is 7.50. The lowest BCUT2D eigenvalue weighted by atomic mass is 9.94. The molecule has 0 radical (unpaired) electrons. The van der Waals surface area contributed by atoms with Crippen LogP contribution >= 0.6 is 15.9 Å². The van der Waals surface area contributed by atoms with Crippen LogP contribution < -0.4 is 5.32 Å². The number of benzene rings is 3. The Balaban J connectivity index is 1.49. The number of amides is 3. The van der Waals surface area contributed by atoms with E-state index in [2.05, 4.69) is 21.2 Å². The van der Waals surface area contributed by atoms with E-state index in [1.165, 1.54) is 17.0 Å². The fraction of sp³-hybridized carbons (Fsp3) is 0.323. The van der Waals surface area contributed by atoms with Gasteiger partial charge in [0.25, 0.3) is 15.9 Å². The van der Waals surface area contributed by atoms with Gasteiger partial charge in [-0.15, -0.1) is 0 Å². The van der Waals surface area contributed by atoms with Crippen molar-refractivity contribution in [1.82, 2.24) is 14.5 Å². The number of hydrogen-bond acceptors (Lipinski definition) is 5. The Morgan fingerprint density at radius 1 is 0.927 bits per heavy atom. The van der Waals surface area contributed by atoms with Crippen LogP contribution in [0.3, 0.4) is 0 Å². The highest BCUT2D eigenvalue weighted by Crippen LogP contribution is 2.30. The highest BCUT2D eigenvalue weighted by Gasteiger charge is 2.43. The molecule has 2 aliphatic rings. The first-order valence-electron chi connectivity index (χ1n) is 13.8. The molecule has 1 N–H and O–H groups in total.